The molecule has 36 heavy (non-hydrogen) atoms. The van der Waals surface area contributed by atoms with Gasteiger partial charge in [-0.15, -0.1) is 0 Å². The molecule has 0 spiro atoms. The Labute approximate surface area is 210 Å². The Bertz CT molecular complexity index is 1300. The number of hydrogen-bond acceptors (Lipinski definition) is 5. The summed E-state index contributed by atoms with van der Waals surface area (Å²) in [6, 6.07) is 33.7. The average molecular weight is 481 g/mol. The van der Waals surface area contributed by atoms with Crippen LogP contribution in [-0.2, 0) is 32.2 Å². The van der Waals surface area contributed by atoms with E-state index in [2.05, 4.69) is 0 Å². The third kappa shape index (κ3) is 6.07. The van der Waals surface area contributed by atoms with Crippen molar-refractivity contribution in [2.45, 2.75) is 31.7 Å². The number of hydrogen-bond donors (Lipinski definition) is 0. The molecule has 0 aliphatic carbocycles. The maximum Gasteiger partial charge on any atom is 0.230 e. The molecule has 3 atom stereocenters. The molecule has 0 fully saturated rings. The quantitative estimate of drug-likeness (QED) is 0.266. The van der Waals surface area contributed by atoms with E-state index >= 15 is 0 Å². The van der Waals surface area contributed by atoms with Gasteiger partial charge in [-0.05, 0) is 40.1 Å². The smallest absolute Gasteiger partial charge is 0.230 e. The second-order valence-corrected chi connectivity index (χ2v) is 8.68. The first-order valence-electron chi connectivity index (χ1n) is 12.0. The lowest BCUT2D eigenvalue weighted by molar-refractivity contribution is -0.171. The first-order valence-corrected chi connectivity index (χ1v) is 12.0. The van der Waals surface area contributed by atoms with Crippen molar-refractivity contribution in [1.82, 2.24) is 0 Å². The van der Waals surface area contributed by atoms with E-state index in [0.717, 1.165) is 28.2 Å². The minimum atomic E-state index is -0.856. The SMILES string of the molecule is O=CC1=C[C@H](OCc2ccccc2)[C@@H](COCc2ccccc2)O[C@@H]1Oc1ccc2ccccc2c1. The van der Waals surface area contributed by atoms with Crippen molar-refractivity contribution in [2.24, 2.45) is 0 Å². The van der Waals surface area contributed by atoms with Gasteiger partial charge in [0, 0.05) is 0 Å². The van der Waals surface area contributed by atoms with Crippen LogP contribution < -0.4 is 4.74 Å². The molecule has 4 aromatic carbocycles. The highest BCUT2D eigenvalue weighted by molar-refractivity contribution is 5.83. The zero-order valence-corrected chi connectivity index (χ0v) is 19.9. The Morgan fingerprint density at radius 3 is 2.14 bits per heavy atom. The first kappa shape index (κ1) is 23.9. The molecule has 0 aromatic heterocycles. The molecule has 5 rings (SSSR count). The van der Waals surface area contributed by atoms with Crippen LogP contribution in [0.25, 0.3) is 10.8 Å². The van der Waals surface area contributed by atoms with E-state index in [-0.39, 0.29) is 6.61 Å². The number of rotatable bonds is 10. The largest absolute Gasteiger partial charge is 0.460 e. The van der Waals surface area contributed by atoms with Gasteiger partial charge < -0.3 is 18.9 Å². The third-order valence-corrected chi connectivity index (χ3v) is 6.07. The Balaban J connectivity index is 1.33. The van der Waals surface area contributed by atoms with Crippen molar-refractivity contribution in [2.75, 3.05) is 6.61 Å². The van der Waals surface area contributed by atoms with Gasteiger partial charge in [-0.25, -0.2) is 0 Å². The fourth-order valence-electron chi connectivity index (χ4n) is 4.17. The molecule has 5 heteroatoms. The van der Waals surface area contributed by atoms with E-state index < -0.39 is 18.5 Å². The zero-order valence-electron chi connectivity index (χ0n) is 19.9. The average Bonchev–Trinajstić information content (AvgIpc) is 2.93. The van der Waals surface area contributed by atoms with Crippen molar-refractivity contribution < 1.29 is 23.7 Å². The van der Waals surface area contributed by atoms with Gasteiger partial charge in [-0.2, -0.15) is 0 Å². The summed E-state index contributed by atoms with van der Waals surface area (Å²) in [4.78, 5) is 12.0. The Kier molecular flexibility index (Phi) is 7.83. The van der Waals surface area contributed by atoms with E-state index in [4.69, 9.17) is 18.9 Å². The van der Waals surface area contributed by atoms with Crippen molar-refractivity contribution in [3.8, 4) is 5.75 Å². The van der Waals surface area contributed by atoms with Gasteiger partial charge in [0.1, 0.15) is 18.0 Å². The van der Waals surface area contributed by atoms with Gasteiger partial charge in [-0.1, -0.05) is 91.0 Å². The Morgan fingerprint density at radius 1 is 0.750 bits per heavy atom. The van der Waals surface area contributed by atoms with E-state index in [1.54, 1.807) is 6.08 Å². The van der Waals surface area contributed by atoms with Crippen LogP contribution in [0.4, 0.5) is 0 Å². The van der Waals surface area contributed by atoms with Crippen LogP contribution in [0.1, 0.15) is 11.1 Å². The van der Waals surface area contributed by atoms with Crippen LogP contribution in [-0.4, -0.2) is 31.4 Å². The van der Waals surface area contributed by atoms with Gasteiger partial charge in [0.15, 0.2) is 6.29 Å². The molecule has 1 aliphatic rings. The van der Waals surface area contributed by atoms with Crippen molar-refractivity contribution >= 4 is 17.1 Å². The predicted octanol–water partition coefficient (Wildman–Crippen LogP) is 5.87. The number of benzene rings is 4. The lowest BCUT2D eigenvalue weighted by Gasteiger charge is -2.34. The molecule has 0 saturated carbocycles. The lowest BCUT2D eigenvalue weighted by atomic mass is 10.1. The van der Waals surface area contributed by atoms with Gasteiger partial charge in [-0.3, -0.25) is 4.79 Å². The predicted molar refractivity (Wildman–Crippen MR) is 139 cm³/mol. The normalized spacial score (nSPS) is 19.6. The third-order valence-electron chi connectivity index (χ3n) is 6.07. The van der Waals surface area contributed by atoms with E-state index in [0.29, 0.717) is 24.5 Å². The maximum absolute atomic E-state index is 12.0. The molecular weight excluding hydrogens is 452 g/mol. The van der Waals surface area contributed by atoms with Gasteiger partial charge in [0.25, 0.3) is 0 Å². The topological polar surface area (TPSA) is 54.0 Å². The summed E-state index contributed by atoms with van der Waals surface area (Å²) in [7, 11) is 0. The number of aldehydes is 1. The second-order valence-electron chi connectivity index (χ2n) is 8.68. The number of carbonyl (C=O) groups is 1. The molecule has 1 heterocycles. The van der Waals surface area contributed by atoms with Crippen LogP contribution >= 0.6 is 0 Å². The fourth-order valence-corrected chi connectivity index (χ4v) is 4.17. The summed E-state index contributed by atoms with van der Waals surface area (Å²) in [6.45, 7) is 1.13. The minimum Gasteiger partial charge on any atom is -0.460 e. The Hall–Kier alpha value is -3.77. The van der Waals surface area contributed by atoms with Gasteiger partial charge in [0.05, 0.1) is 25.4 Å². The maximum atomic E-state index is 12.0. The zero-order chi connectivity index (χ0) is 24.6. The van der Waals surface area contributed by atoms with E-state index in [9.17, 15) is 4.79 Å². The molecule has 0 N–H and O–H groups in total. The van der Waals surface area contributed by atoms with Crippen molar-refractivity contribution in [1.29, 1.82) is 0 Å². The number of ether oxygens (including phenoxy) is 4. The van der Waals surface area contributed by atoms with Crippen LogP contribution in [0.15, 0.2) is 115 Å². The molecule has 0 unspecified atom stereocenters. The molecule has 182 valence electrons. The highest BCUT2D eigenvalue weighted by atomic mass is 16.7. The highest BCUT2D eigenvalue weighted by Gasteiger charge is 2.34. The second kappa shape index (κ2) is 11.8. The van der Waals surface area contributed by atoms with E-state index in [1.165, 1.54) is 0 Å². The summed E-state index contributed by atoms with van der Waals surface area (Å²) >= 11 is 0. The van der Waals surface area contributed by atoms with Crippen LogP contribution in [0.2, 0.25) is 0 Å². The van der Waals surface area contributed by atoms with Gasteiger partial charge in [0.2, 0.25) is 6.29 Å². The molecule has 0 saturated heterocycles. The molecule has 5 nitrogen and oxygen atoms in total. The summed E-state index contributed by atoms with van der Waals surface area (Å²) in [5, 5.41) is 2.16. The van der Waals surface area contributed by atoms with Crippen LogP contribution in [0.3, 0.4) is 0 Å². The molecule has 4 aromatic rings. The summed E-state index contributed by atoms with van der Waals surface area (Å²) in [5.74, 6) is 0.624. The molecule has 0 bridgehead atoms. The Morgan fingerprint density at radius 2 is 1.42 bits per heavy atom. The summed E-state index contributed by atoms with van der Waals surface area (Å²) < 4.78 is 24.6. The summed E-state index contributed by atoms with van der Waals surface area (Å²) in [5.41, 5.74) is 2.50. The molecule has 1 aliphatic heterocycles. The molecule has 0 radical (unpaired) electrons. The summed E-state index contributed by atoms with van der Waals surface area (Å²) in [6.07, 6.45) is 0.794. The lowest BCUT2D eigenvalue weighted by Crippen LogP contribution is -2.44. The first-order chi connectivity index (χ1) is 17.8. The molecular formula is C31H28O5. The van der Waals surface area contributed by atoms with E-state index in [1.807, 2.05) is 103 Å². The fraction of sp³-hybridized carbons (Fsp3) is 0.194. The van der Waals surface area contributed by atoms with Crippen LogP contribution in [0, 0.1) is 0 Å². The molecule has 0 amide bonds. The van der Waals surface area contributed by atoms with Crippen molar-refractivity contribution in [3.63, 3.8) is 0 Å². The van der Waals surface area contributed by atoms with Crippen LogP contribution in [0.5, 0.6) is 5.75 Å². The minimum absolute atomic E-state index is 0.286. The van der Waals surface area contributed by atoms with Gasteiger partial charge >= 0.3 is 0 Å². The standard InChI is InChI=1S/C31H28O5/c32-19-27-18-29(34-21-24-11-5-2-6-12-24)30(22-33-20-23-9-3-1-4-10-23)36-31(27)35-28-16-15-25-13-7-8-14-26(25)17-28/h1-19,29-31H,20-22H2/t29-,30+,31-/m0/s1. The number of carbonyl (C=O) groups excluding carboxylic acids is 1. The monoisotopic (exact) mass is 480 g/mol. The number of fused-ring (bicyclic) bond motifs is 1. The highest BCUT2D eigenvalue weighted by Crippen LogP contribution is 2.27. The van der Waals surface area contributed by atoms with Crippen molar-refractivity contribution in [3.05, 3.63) is 126 Å².